The maximum Gasteiger partial charge on any atom is 0.00965 e. The summed E-state index contributed by atoms with van der Waals surface area (Å²) in [4.78, 5) is 4.87. The Bertz CT molecular complexity index is 134. The Hall–Kier alpha value is -0.0800. The molecule has 2 heterocycles. The van der Waals surface area contributed by atoms with Gasteiger partial charge in [-0.05, 0) is 27.1 Å². The van der Waals surface area contributed by atoms with E-state index in [-0.39, 0.29) is 0 Å². The van der Waals surface area contributed by atoms with Crippen LogP contribution in [0.4, 0.5) is 0 Å². The lowest BCUT2D eigenvalue weighted by Gasteiger charge is -2.46. The summed E-state index contributed by atoms with van der Waals surface area (Å²) in [6.45, 7) is 17.3. The van der Waals surface area contributed by atoms with Crippen LogP contribution in [0.15, 0.2) is 0 Å². The minimum absolute atomic E-state index is 0.712. The zero-order valence-corrected chi connectivity index (χ0v) is 12.9. The molecule has 0 radical (unpaired) electrons. The maximum absolute atomic E-state index is 2.45. The van der Waals surface area contributed by atoms with Crippen molar-refractivity contribution in [3.8, 4) is 0 Å². The minimum Gasteiger partial charge on any atom is -0.306 e. The van der Waals surface area contributed by atoms with E-state index in [0.29, 0.717) is 5.41 Å². The molecule has 0 amide bonds. The summed E-state index contributed by atoms with van der Waals surface area (Å²) in [7, 11) is 4.44. The Kier molecular flexibility index (Phi) is 11.5. The van der Waals surface area contributed by atoms with E-state index in [1.54, 1.807) is 0 Å². The van der Waals surface area contributed by atoms with E-state index in [1.807, 2.05) is 41.5 Å². The van der Waals surface area contributed by atoms with E-state index < -0.39 is 0 Å². The van der Waals surface area contributed by atoms with E-state index in [4.69, 9.17) is 0 Å². The molecule has 1 spiro atoms. The summed E-state index contributed by atoms with van der Waals surface area (Å²) in [6, 6.07) is 0. The molecule has 16 heavy (non-hydrogen) atoms. The molecule has 2 aliphatic rings. The highest BCUT2D eigenvalue weighted by molar-refractivity contribution is 4.99. The van der Waals surface area contributed by atoms with Gasteiger partial charge in [0.15, 0.2) is 0 Å². The second-order valence-corrected chi connectivity index (χ2v) is 4.16. The summed E-state index contributed by atoms with van der Waals surface area (Å²) in [6.07, 6.45) is 1.42. The summed E-state index contributed by atoms with van der Waals surface area (Å²) < 4.78 is 0. The zero-order chi connectivity index (χ0) is 13.2. The van der Waals surface area contributed by atoms with Crippen LogP contribution in [0.5, 0.6) is 0 Å². The van der Waals surface area contributed by atoms with Crippen molar-refractivity contribution in [3.05, 3.63) is 0 Å². The summed E-state index contributed by atoms with van der Waals surface area (Å²) in [5.41, 5.74) is 0.712. The van der Waals surface area contributed by atoms with Crippen molar-refractivity contribution in [3.63, 3.8) is 0 Å². The van der Waals surface area contributed by atoms with Gasteiger partial charge in [0.25, 0.3) is 0 Å². The standard InChI is InChI=1S/C8H16N2.3C2H6/c1-9-4-3-8(5-9)6-10(2)7-8;3*1-2/h3-7H2,1-2H3;3*1-2H3. The monoisotopic (exact) mass is 230 g/mol. The van der Waals surface area contributed by atoms with Crippen LogP contribution in [0.25, 0.3) is 0 Å². The fourth-order valence-corrected chi connectivity index (χ4v) is 2.52. The average molecular weight is 230 g/mol. The number of likely N-dealkylation sites (tertiary alicyclic amines) is 2. The van der Waals surface area contributed by atoms with Gasteiger partial charge in [0.2, 0.25) is 0 Å². The predicted molar refractivity (Wildman–Crippen MR) is 76.1 cm³/mol. The van der Waals surface area contributed by atoms with Crippen LogP contribution in [0.2, 0.25) is 0 Å². The Morgan fingerprint density at radius 2 is 1.06 bits per heavy atom. The molecule has 0 N–H and O–H groups in total. The first-order valence-corrected chi connectivity index (χ1v) is 7.07. The van der Waals surface area contributed by atoms with Crippen molar-refractivity contribution < 1.29 is 0 Å². The predicted octanol–water partition coefficient (Wildman–Crippen LogP) is 3.33. The van der Waals surface area contributed by atoms with E-state index in [2.05, 4.69) is 23.9 Å². The van der Waals surface area contributed by atoms with Crippen molar-refractivity contribution in [2.45, 2.75) is 48.0 Å². The third-order valence-corrected chi connectivity index (χ3v) is 2.84. The molecular weight excluding hydrogens is 196 g/mol. The molecule has 0 aromatic carbocycles. The molecule has 100 valence electrons. The molecule has 2 aliphatic heterocycles. The van der Waals surface area contributed by atoms with Gasteiger partial charge in [0.1, 0.15) is 0 Å². The van der Waals surface area contributed by atoms with Crippen LogP contribution in [0.1, 0.15) is 48.0 Å². The van der Waals surface area contributed by atoms with Crippen LogP contribution in [-0.4, -0.2) is 50.1 Å². The fraction of sp³-hybridized carbons (Fsp3) is 1.00. The summed E-state index contributed by atoms with van der Waals surface area (Å²) in [5, 5.41) is 0. The highest BCUT2D eigenvalue weighted by Crippen LogP contribution is 2.37. The van der Waals surface area contributed by atoms with Gasteiger partial charge in [0, 0.05) is 25.0 Å². The van der Waals surface area contributed by atoms with Gasteiger partial charge in [-0.25, -0.2) is 0 Å². The molecule has 0 bridgehead atoms. The third-order valence-electron chi connectivity index (χ3n) is 2.84. The molecule has 0 aromatic heterocycles. The van der Waals surface area contributed by atoms with Crippen molar-refractivity contribution in [1.29, 1.82) is 0 Å². The largest absolute Gasteiger partial charge is 0.306 e. The molecule has 0 aromatic rings. The normalized spacial score (nSPS) is 21.8. The van der Waals surface area contributed by atoms with Gasteiger partial charge in [-0.2, -0.15) is 0 Å². The van der Waals surface area contributed by atoms with Crippen LogP contribution < -0.4 is 0 Å². The molecule has 0 atom stereocenters. The molecule has 0 aliphatic carbocycles. The lowest BCUT2D eigenvalue weighted by molar-refractivity contribution is 0.0329. The first-order chi connectivity index (χ1) is 7.70. The Morgan fingerprint density at radius 1 is 0.688 bits per heavy atom. The van der Waals surface area contributed by atoms with Gasteiger partial charge < -0.3 is 9.80 Å². The van der Waals surface area contributed by atoms with Gasteiger partial charge >= 0.3 is 0 Å². The molecule has 2 fully saturated rings. The smallest absolute Gasteiger partial charge is 0.00965 e. The van der Waals surface area contributed by atoms with Gasteiger partial charge in [-0.15, -0.1) is 0 Å². The number of rotatable bonds is 0. The molecule has 2 nitrogen and oxygen atoms in total. The van der Waals surface area contributed by atoms with Crippen molar-refractivity contribution in [1.82, 2.24) is 9.80 Å². The summed E-state index contributed by atoms with van der Waals surface area (Å²) >= 11 is 0. The second-order valence-electron chi connectivity index (χ2n) is 4.16. The van der Waals surface area contributed by atoms with Crippen molar-refractivity contribution in [2.75, 3.05) is 40.3 Å². The molecule has 2 rings (SSSR count). The Balaban J connectivity index is 0. The quantitative estimate of drug-likeness (QED) is 0.630. The van der Waals surface area contributed by atoms with Gasteiger partial charge in [-0.1, -0.05) is 41.5 Å². The summed E-state index contributed by atoms with van der Waals surface area (Å²) in [5.74, 6) is 0. The van der Waals surface area contributed by atoms with Gasteiger partial charge in [0.05, 0.1) is 0 Å². The van der Waals surface area contributed by atoms with E-state index in [1.165, 1.54) is 32.6 Å². The number of hydrogen-bond donors (Lipinski definition) is 0. The highest BCUT2D eigenvalue weighted by Gasteiger charge is 2.44. The van der Waals surface area contributed by atoms with E-state index in [9.17, 15) is 0 Å². The lowest BCUT2D eigenvalue weighted by atomic mass is 9.80. The molecular formula is C14H34N2. The SMILES string of the molecule is CC.CC.CC.CN1CCC2(C1)CN(C)C2. The topological polar surface area (TPSA) is 6.48 Å². The third kappa shape index (κ3) is 5.31. The van der Waals surface area contributed by atoms with Crippen LogP contribution in [0, 0.1) is 5.41 Å². The van der Waals surface area contributed by atoms with Gasteiger partial charge in [-0.3, -0.25) is 0 Å². The first kappa shape index (κ1) is 18.3. The minimum atomic E-state index is 0.712. The molecule has 2 saturated heterocycles. The first-order valence-electron chi connectivity index (χ1n) is 7.07. The highest BCUT2D eigenvalue weighted by atomic mass is 15.2. The van der Waals surface area contributed by atoms with Crippen molar-refractivity contribution >= 4 is 0 Å². The second kappa shape index (κ2) is 10.1. The Labute approximate surface area is 104 Å². The van der Waals surface area contributed by atoms with E-state index >= 15 is 0 Å². The number of hydrogen-bond acceptors (Lipinski definition) is 2. The molecule has 2 heteroatoms. The zero-order valence-electron chi connectivity index (χ0n) is 12.9. The average Bonchev–Trinajstić information content (AvgIpc) is 2.69. The maximum atomic E-state index is 2.45. The van der Waals surface area contributed by atoms with Crippen LogP contribution >= 0.6 is 0 Å². The van der Waals surface area contributed by atoms with Crippen LogP contribution in [-0.2, 0) is 0 Å². The number of nitrogens with zero attached hydrogens (tertiary/aromatic N) is 2. The molecule has 0 unspecified atom stereocenters. The van der Waals surface area contributed by atoms with Crippen LogP contribution in [0.3, 0.4) is 0 Å². The Morgan fingerprint density at radius 3 is 1.31 bits per heavy atom. The molecule has 0 saturated carbocycles. The lowest BCUT2D eigenvalue weighted by Crippen LogP contribution is -2.55. The van der Waals surface area contributed by atoms with Crippen molar-refractivity contribution in [2.24, 2.45) is 5.41 Å². The fourth-order valence-electron chi connectivity index (χ4n) is 2.52. The van der Waals surface area contributed by atoms with E-state index in [0.717, 1.165) is 0 Å².